The summed E-state index contributed by atoms with van der Waals surface area (Å²) in [6.07, 6.45) is 1.49. The number of carbonyl (C=O) groups is 2. The fourth-order valence-corrected chi connectivity index (χ4v) is 1.81. The lowest BCUT2D eigenvalue weighted by molar-refractivity contribution is -0.138. The van der Waals surface area contributed by atoms with E-state index in [-0.39, 0.29) is 11.1 Å². The SMILES string of the molecule is COC(=O)/C(=C/c1ccc(OC)cc1)C(C(=O)O)=C(C)C. The van der Waals surface area contributed by atoms with Gasteiger partial charge >= 0.3 is 11.9 Å². The summed E-state index contributed by atoms with van der Waals surface area (Å²) in [5.41, 5.74) is 1.15. The maximum Gasteiger partial charge on any atom is 0.338 e. The molecule has 112 valence electrons. The molecule has 5 heteroatoms. The second-order valence-corrected chi connectivity index (χ2v) is 4.50. The third-order valence-corrected chi connectivity index (χ3v) is 2.82. The van der Waals surface area contributed by atoms with Crippen molar-refractivity contribution in [2.24, 2.45) is 0 Å². The number of carboxylic acid groups (broad SMARTS) is 1. The van der Waals surface area contributed by atoms with Gasteiger partial charge in [-0.05, 0) is 37.6 Å². The molecule has 0 unspecified atom stereocenters. The number of carboxylic acids is 1. The monoisotopic (exact) mass is 290 g/mol. The van der Waals surface area contributed by atoms with Gasteiger partial charge in [0.25, 0.3) is 0 Å². The highest BCUT2D eigenvalue weighted by atomic mass is 16.5. The second-order valence-electron chi connectivity index (χ2n) is 4.50. The van der Waals surface area contributed by atoms with E-state index in [4.69, 9.17) is 4.74 Å². The molecular formula is C16H18O5. The Hall–Kier alpha value is -2.56. The zero-order valence-corrected chi connectivity index (χ0v) is 12.5. The van der Waals surface area contributed by atoms with Gasteiger partial charge in [0, 0.05) is 0 Å². The van der Waals surface area contributed by atoms with E-state index in [1.165, 1.54) is 13.2 Å². The topological polar surface area (TPSA) is 72.8 Å². The van der Waals surface area contributed by atoms with Gasteiger partial charge in [-0.1, -0.05) is 17.7 Å². The van der Waals surface area contributed by atoms with Gasteiger partial charge in [-0.2, -0.15) is 0 Å². The highest BCUT2D eigenvalue weighted by molar-refractivity contribution is 6.09. The van der Waals surface area contributed by atoms with E-state index < -0.39 is 11.9 Å². The lowest BCUT2D eigenvalue weighted by Crippen LogP contribution is -2.14. The molecule has 0 aliphatic rings. The minimum absolute atomic E-state index is 0.00941. The minimum Gasteiger partial charge on any atom is -0.497 e. The molecule has 0 saturated carbocycles. The highest BCUT2D eigenvalue weighted by Crippen LogP contribution is 2.21. The fraction of sp³-hybridized carbons (Fsp3) is 0.250. The summed E-state index contributed by atoms with van der Waals surface area (Å²) >= 11 is 0. The van der Waals surface area contributed by atoms with Crippen LogP contribution in [-0.2, 0) is 14.3 Å². The van der Waals surface area contributed by atoms with E-state index in [1.807, 2.05) is 0 Å². The molecule has 21 heavy (non-hydrogen) atoms. The van der Waals surface area contributed by atoms with Gasteiger partial charge in [0.05, 0.1) is 25.4 Å². The van der Waals surface area contributed by atoms with E-state index >= 15 is 0 Å². The molecule has 1 aromatic carbocycles. The van der Waals surface area contributed by atoms with Crippen LogP contribution in [0.15, 0.2) is 41.0 Å². The van der Waals surface area contributed by atoms with Crippen molar-refractivity contribution in [1.82, 2.24) is 0 Å². The predicted molar refractivity (Wildman–Crippen MR) is 79.0 cm³/mol. The molecule has 0 fully saturated rings. The summed E-state index contributed by atoms with van der Waals surface area (Å²) in [4.78, 5) is 23.2. The smallest absolute Gasteiger partial charge is 0.338 e. The van der Waals surface area contributed by atoms with Gasteiger partial charge in [0.15, 0.2) is 0 Å². The molecule has 0 spiro atoms. The van der Waals surface area contributed by atoms with Gasteiger partial charge in [0.2, 0.25) is 0 Å². The molecule has 1 aromatic rings. The number of carbonyl (C=O) groups excluding carboxylic acids is 1. The van der Waals surface area contributed by atoms with Crippen LogP contribution in [0.1, 0.15) is 19.4 Å². The Labute approximate surface area is 123 Å². The van der Waals surface area contributed by atoms with Crippen molar-refractivity contribution < 1.29 is 24.2 Å². The maximum atomic E-state index is 11.9. The second kappa shape index (κ2) is 7.28. The van der Waals surface area contributed by atoms with Gasteiger partial charge < -0.3 is 14.6 Å². The molecule has 5 nitrogen and oxygen atoms in total. The summed E-state index contributed by atoms with van der Waals surface area (Å²) in [5, 5.41) is 9.29. The van der Waals surface area contributed by atoms with Crippen LogP contribution in [0.4, 0.5) is 0 Å². The Kier molecular flexibility index (Phi) is 5.72. The van der Waals surface area contributed by atoms with Crippen molar-refractivity contribution >= 4 is 18.0 Å². The summed E-state index contributed by atoms with van der Waals surface area (Å²) < 4.78 is 9.73. The van der Waals surface area contributed by atoms with E-state index in [2.05, 4.69) is 4.74 Å². The summed E-state index contributed by atoms with van der Waals surface area (Å²) in [6, 6.07) is 6.91. The van der Waals surface area contributed by atoms with Crippen LogP contribution in [-0.4, -0.2) is 31.3 Å². The number of ether oxygens (including phenoxy) is 2. The number of rotatable bonds is 5. The van der Waals surface area contributed by atoms with E-state index in [9.17, 15) is 14.7 Å². The van der Waals surface area contributed by atoms with Crippen molar-refractivity contribution in [1.29, 1.82) is 0 Å². The van der Waals surface area contributed by atoms with Crippen LogP contribution in [0.25, 0.3) is 6.08 Å². The average molecular weight is 290 g/mol. The summed E-state index contributed by atoms with van der Waals surface area (Å²) in [5.74, 6) is -1.18. The van der Waals surface area contributed by atoms with E-state index in [1.54, 1.807) is 45.2 Å². The molecule has 0 amide bonds. The fourth-order valence-electron chi connectivity index (χ4n) is 1.81. The predicted octanol–water partition coefficient (Wildman–Crippen LogP) is 2.67. The molecule has 1 N–H and O–H groups in total. The zero-order chi connectivity index (χ0) is 16.0. The first kappa shape index (κ1) is 16.5. The van der Waals surface area contributed by atoms with Crippen LogP contribution in [0.2, 0.25) is 0 Å². The van der Waals surface area contributed by atoms with Gasteiger partial charge in [-0.25, -0.2) is 9.59 Å². The number of methoxy groups -OCH3 is 2. The van der Waals surface area contributed by atoms with Crippen molar-refractivity contribution in [3.05, 3.63) is 46.5 Å². The van der Waals surface area contributed by atoms with Crippen molar-refractivity contribution in [2.45, 2.75) is 13.8 Å². The number of allylic oxidation sites excluding steroid dienone is 1. The number of aliphatic carboxylic acids is 1. The average Bonchev–Trinajstić information content (AvgIpc) is 2.45. The standard InChI is InChI=1S/C16H18O5/c1-10(2)14(15(17)18)13(16(19)21-4)9-11-5-7-12(20-3)8-6-11/h5-9H,1-4H3,(H,17,18)/b13-9+. The first-order valence-corrected chi connectivity index (χ1v) is 6.26. The van der Waals surface area contributed by atoms with Crippen LogP contribution >= 0.6 is 0 Å². The molecule has 0 saturated heterocycles. The zero-order valence-electron chi connectivity index (χ0n) is 12.5. The van der Waals surface area contributed by atoms with Crippen molar-refractivity contribution in [3.8, 4) is 5.75 Å². The van der Waals surface area contributed by atoms with Gasteiger partial charge in [-0.3, -0.25) is 0 Å². The van der Waals surface area contributed by atoms with Gasteiger partial charge in [0.1, 0.15) is 5.75 Å². The van der Waals surface area contributed by atoms with Crippen LogP contribution in [0.5, 0.6) is 5.75 Å². The first-order chi connectivity index (χ1) is 9.90. The number of benzene rings is 1. The third kappa shape index (κ3) is 4.21. The molecule has 1 rings (SSSR count). The summed E-state index contributed by atoms with van der Waals surface area (Å²) in [7, 11) is 2.77. The van der Waals surface area contributed by atoms with Crippen molar-refractivity contribution in [2.75, 3.05) is 14.2 Å². The Morgan fingerprint density at radius 2 is 1.67 bits per heavy atom. The molecule has 0 aliphatic heterocycles. The molecular weight excluding hydrogens is 272 g/mol. The Morgan fingerprint density at radius 3 is 2.05 bits per heavy atom. The largest absolute Gasteiger partial charge is 0.497 e. The Morgan fingerprint density at radius 1 is 1.10 bits per heavy atom. The maximum absolute atomic E-state index is 11.9. The normalized spacial score (nSPS) is 10.8. The third-order valence-electron chi connectivity index (χ3n) is 2.82. The summed E-state index contributed by atoms with van der Waals surface area (Å²) in [6.45, 7) is 3.27. The lowest BCUT2D eigenvalue weighted by atomic mass is 9.99. The molecule has 0 aliphatic carbocycles. The molecule has 0 bridgehead atoms. The molecule has 0 radical (unpaired) electrons. The highest BCUT2D eigenvalue weighted by Gasteiger charge is 2.22. The molecule has 0 atom stereocenters. The molecule has 0 heterocycles. The number of hydrogen-bond acceptors (Lipinski definition) is 4. The number of esters is 1. The Bertz CT molecular complexity index is 590. The van der Waals surface area contributed by atoms with Crippen LogP contribution in [0, 0.1) is 0 Å². The van der Waals surface area contributed by atoms with E-state index in [0.29, 0.717) is 16.9 Å². The molecule has 0 aromatic heterocycles. The quantitative estimate of drug-likeness (QED) is 0.513. The van der Waals surface area contributed by atoms with E-state index in [0.717, 1.165) is 0 Å². The Balaban J connectivity index is 3.36. The lowest BCUT2D eigenvalue weighted by Gasteiger charge is -2.09. The van der Waals surface area contributed by atoms with Crippen LogP contribution < -0.4 is 4.74 Å². The number of hydrogen-bond donors (Lipinski definition) is 1. The van der Waals surface area contributed by atoms with Crippen LogP contribution in [0.3, 0.4) is 0 Å². The minimum atomic E-state index is -1.17. The first-order valence-electron chi connectivity index (χ1n) is 6.26. The van der Waals surface area contributed by atoms with Crippen molar-refractivity contribution in [3.63, 3.8) is 0 Å². The van der Waals surface area contributed by atoms with Gasteiger partial charge in [-0.15, -0.1) is 0 Å².